The topological polar surface area (TPSA) is 49.0 Å². The molecule has 3 rings (SSSR count). The smallest absolute Gasteiger partial charge is 0.231 e. The van der Waals surface area contributed by atoms with Gasteiger partial charge in [-0.25, -0.2) is 0 Å². The largest absolute Gasteiger partial charge is 0.497 e. The summed E-state index contributed by atoms with van der Waals surface area (Å²) >= 11 is 0. The van der Waals surface area contributed by atoms with E-state index >= 15 is 0 Å². The number of ether oxygens (including phenoxy) is 4. The fraction of sp³-hybridized carbons (Fsp3) is 0.250. The Morgan fingerprint density at radius 3 is 2.81 bits per heavy atom. The van der Waals surface area contributed by atoms with E-state index in [1.54, 1.807) is 14.2 Å². The summed E-state index contributed by atoms with van der Waals surface area (Å²) in [4.78, 5) is 0. The zero-order valence-electron chi connectivity index (χ0n) is 12.0. The van der Waals surface area contributed by atoms with Crippen LogP contribution in [0.4, 0.5) is 5.69 Å². The van der Waals surface area contributed by atoms with Gasteiger partial charge in [0.1, 0.15) is 11.5 Å². The van der Waals surface area contributed by atoms with Gasteiger partial charge in [-0.15, -0.1) is 0 Å². The van der Waals surface area contributed by atoms with Gasteiger partial charge in [0.15, 0.2) is 11.5 Å². The van der Waals surface area contributed by atoms with Crippen LogP contribution in [0.5, 0.6) is 23.0 Å². The molecule has 1 N–H and O–H groups in total. The monoisotopic (exact) mass is 287 g/mol. The second kappa shape index (κ2) is 5.83. The second-order valence-corrected chi connectivity index (χ2v) is 4.57. The fourth-order valence-electron chi connectivity index (χ4n) is 2.27. The first-order chi connectivity index (χ1) is 10.3. The van der Waals surface area contributed by atoms with Gasteiger partial charge >= 0.3 is 0 Å². The van der Waals surface area contributed by atoms with E-state index in [-0.39, 0.29) is 6.79 Å². The lowest BCUT2D eigenvalue weighted by Crippen LogP contribution is -2.03. The van der Waals surface area contributed by atoms with Crippen LogP contribution in [0.3, 0.4) is 0 Å². The van der Waals surface area contributed by atoms with Crippen molar-refractivity contribution >= 4 is 5.69 Å². The molecule has 0 unspecified atom stereocenters. The van der Waals surface area contributed by atoms with Crippen molar-refractivity contribution in [1.82, 2.24) is 0 Å². The van der Waals surface area contributed by atoms with Crippen molar-refractivity contribution in [3.63, 3.8) is 0 Å². The van der Waals surface area contributed by atoms with Crippen LogP contribution in [-0.4, -0.2) is 21.0 Å². The van der Waals surface area contributed by atoms with Gasteiger partial charge in [-0.2, -0.15) is 0 Å². The molecule has 110 valence electrons. The maximum absolute atomic E-state index is 5.50. The van der Waals surface area contributed by atoms with Crippen LogP contribution in [0.1, 0.15) is 5.56 Å². The third-order valence-electron chi connectivity index (χ3n) is 3.35. The lowest BCUT2D eigenvalue weighted by Gasteiger charge is -2.13. The fourth-order valence-corrected chi connectivity index (χ4v) is 2.27. The van der Waals surface area contributed by atoms with Gasteiger partial charge in [0.2, 0.25) is 6.79 Å². The van der Waals surface area contributed by atoms with Crippen molar-refractivity contribution < 1.29 is 18.9 Å². The highest BCUT2D eigenvalue weighted by Gasteiger charge is 2.17. The van der Waals surface area contributed by atoms with E-state index in [9.17, 15) is 0 Å². The zero-order chi connectivity index (χ0) is 14.7. The molecule has 0 aliphatic carbocycles. The number of hydrogen-bond donors (Lipinski definition) is 1. The van der Waals surface area contributed by atoms with Crippen molar-refractivity contribution in [2.75, 3.05) is 26.3 Å². The zero-order valence-corrected chi connectivity index (χ0v) is 12.0. The van der Waals surface area contributed by atoms with Gasteiger partial charge in [0.25, 0.3) is 0 Å². The highest BCUT2D eigenvalue weighted by atomic mass is 16.7. The number of benzene rings is 2. The molecule has 0 saturated carbocycles. The Labute approximate surface area is 123 Å². The van der Waals surface area contributed by atoms with Crippen LogP contribution in [0.15, 0.2) is 36.4 Å². The molecule has 0 radical (unpaired) electrons. The average Bonchev–Trinajstić information content (AvgIpc) is 3.01. The van der Waals surface area contributed by atoms with Crippen molar-refractivity contribution in [3.8, 4) is 23.0 Å². The third-order valence-corrected chi connectivity index (χ3v) is 3.35. The number of nitrogens with one attached hydrogen (secondary N) is 1. The molecule has 21 heavy (non-hydrogen) atoms. The SMILES string of the molecule is COc1ccc(OC)c(NCc2cccc3c2OCO3)c1. The molecular weight excluding hydrogens is 270 g/mol. The molecule has 0 fully saturated rings. The molecule has 0 aromatic heterocycles. The second-order valence-electron chi connectivity index (χ2n) is 4.57. The highest BCUT2D eigenvalue weighted by molar-refractivity contribution is 5.60. The lowest BCUT2D eigenvalue weighted by molar-refractivity contribution is 0.173. The standard InChI is InChI=1S/C16H17NO4/c1-18-12-6-7-14(19-2)13(8-12)17-9-11-4-3-5-15-16(11)21-10-20-15/h3-8,17H,9-10H2,1-2H3. The Balaban J connectivity index is 1.80. The molecule has 5 nitrogen and oxygen atoms in total. The van der Waals surface area contributed by atoms with E-state index in [1.165, 1.54) is 0 Å². The summed E-state index contributed by atoms with van der Waals surface area (Å²) in [5, 5.41) is 3.34. The maximum atomic E-state index is 5.50. The average molecular weight is 287 g/mol. The van der Waals surface area contributed by atoms with Gasteiger partial charge in [0.05, 0.1) is 19.9 Å². The van der Waals surface area contributed by atoms with Crippen molar-refractivity contribution in [1.29, 1.82) is 0 Å². The Hall–Kier alpha value is -2.56. The van der Waals surface area contributed by atoms with Crippen LogP contribution in [0.2, 0.25) is 0 Å². The first kappa shape index (κ1) is 13.4. The summed E-state index contributed by atoms with van der Waals surface area (Å²) in [6, 6.07) is 11.5. The van der Waals surface area contributed by atoms with E-state index in [1.807, 2.05) is 36.4 Å². The molecule has 2 aromatic carbocycles. The van der Waals surface area contributed by atoms with Crippen LogP contribution in [0.25, 0.3) is 0 Å². The summed E-state index contributed by atoms with van der Waals surface area (Å²) in [5.41, 5.74) is 1.91. The minimum atomic E-state index is 0.273. The molecule has 0 amide bonds. The molecule has 1 aliphatic heterocycles. The molecule has 0 saturated heterocycles. The van der Waals surface area contributed by atoms with Crippen molar-refractivity contribution in [3.05, 3.63) is 42.0 Å². The summed E-state index contributed by atoms with van der Waals surface area (Å²) in [6.07, 6.45) is 0. The maximum Gasteiger partial charge on any atom is 0.231 e. The van der Waals surface area contributed by atoms with Crippen LogP contribution in [-0.2, 0) is 6.54 Å². The van der Waals surface area contributed by atoms with Crippen molar-refractivity contribution in [2.24, 2.45) is 0 Å². The summed E-state index contributed by atoms with van der Waals surface area (Å²) in [7, 11) is 3.28. The molecule has 0 atom stereocenters. The number of anilines is 1. The third kappa shape index (κ3) is 2.67. The van der Waals surface area contributed by atoms with Gasteiger partial charge < -0.3 is 24.3 Å². The quantitative estimate of drug-likeness (QED) is 0.916. The van der Waals surface area contributed by atoms with Crippen LogP contribution in [0, 0.1) is 0 Å². The number of para-hydroxylation sites is 1. The number of fused-ring (bicyclic) bond motifs is 1. The van der Waals surface area contributed by atoms with E-state index in [4.69, 9.17) is 18.9 Å². The number of rotatable bonds is 5. The molecule has 1 aliphatic rings. The summed E-state index contributed by atoms with van der Waals surface area (Å²) in [6.45, 7) is 0.880. The molecule has 2 aromatic rings. The molecule has 5 heteroatoms. The van der Waals surface area contributed by atoms with E-state index in [0.717, 1.165) is 34.2 Å². The van der Waals surface area contributed by atoms with Crippen LogP contribution < -0.4 is 24.3 Å². The Bertz CT molecular complexity index is 642. The van der Waals surface area contributed by atoms with Crippen LogP contribution >= 0.6 is 0 Å². The predicted molar refractivity (Wildman–Crippen MR) is 79.4 cm³/mol. The van der Waals surface area contributed by atoms with Gasteiger partial charge in [-0.05, 0) is 18.2 Å². The molecular formula is C16H17NO4. The first-order valence-corrected chi connectivity index (χ1v) is 6.65. The number of hydrogen-bond acceptors (Lipinski definition) is 5. The Morgan fingerprint density at radius 1 is 1.10 bits per heavy atom. The minimum absolute atomic E-state index is 0.273. The van der Waals surface area contributed by atoms with Gasteiger partial charge in [0, 0.05) is 18.2 Å². The first-order valence-electron chi connectivity index (χ1n) is 6.65. The Morgan fingerprint density at radius 2 is 2.00 bits per heavy atom. The Kier molecular flexibility index (Phi) is 3.73. The van der Waals surface area contributed by atoms with E-state index < -0.39 is 0 Å². The lowest BCUT2D eigenvalue weighted by atomic mass is 10.1. The van der Waals surface area contributed by atoms with E-state index in [0.29, 0.717) is 6.54 Å². The van der Waals surface area contributed by atoms with E-state index in [2.05, 4.69) is 5.32 Å². The normalized spacial score (nSPS) is 12.1. The molecule has 1 heterocycles. The van der Waals surface area contributed by atoms with Gasteiger partial charge in [-0.3, -0.25) is 0 Å². The van der Waals surface area contributed by atoms with Gasteiger partial charge in [-0.1, -0.05) is 12.1 Å². The highest BCUT2D eigenvalue weighted by Crippen LogP contribution is 2.36. The number of methoxy groups -OCH3 is 2. The summed E-state index contributed by atoms with van der Waals surface area (Å²) < 4.78 is 21.5. The molecule has 0 bridgehead atoms. The molecule has 0 spiro atoms. The minimum Gasteiger partial charge on any atom is -0.497 e. The van der Waals surface area contributed by atoms with Crippen molar-refractivity contribution in [2.45, 2.75) is 6.54 Å². The predicted octanol–water partition coefficient (Wildman–Crippen LogP) is 3.04. The summed E-state index contributed by atoms with van der Waals surface area (Å²) in [5.74, 6) is 3.12.